The van der Waals surface area contributed by atoms with Crippen molar-refractivity contribution in [3.05, 3.63) is 0 Å². The van der Waals surface area contributed by atoms with Crippen LogP contribution in [0.4, 0.5) is 0 Å². The van der Waals surface area contributed by atoms with Gasteiger partial charge in [0, 0.05) is 0 Å². The molecule has 48 valence electrons. The van der Waals surface area contributed by atoms with E-state index in [1.165, 1.54) is 9.53 Å². The molecule has 1 unspecified atom stereocenters. The Bertz CT molecular complexity index is 80.1. The van der Waals surface area contributed by atoms with Crippen LogP contribution in [0.3, 0.4) is 0 Å². The van der Waals surface area contributed by atoms with Gasteiger partial charge >= 0.3 is 0 Å². The monoisotopic (exact) mass is 136 g/mol. The van der Waals surface area contributed by atoms with E-state index in [1.807, 2.05) is 0 Å². The van der Waals surface area contributed by atoms with E-state index in [-0.39, 0.29) is 0 Å². The number of thiol groups is 1. The highest BCUT2D eigenvalue weighted by atomic mass is 32.1. The minimum absolute atomic E-state index is 0.421. The summed E-state index contributed by atoms with van der Waals surface area (Å²) in [5.74, 6) is 5.23. The lowest BCUT2D eigenvalue weighted by Gasteiger charge is -2.16. The van der Waals surface area contributed by atoms with Crippen LogP contribution in [-0.2, 0) is 0 Å². The number of hydrogen-bond donors (Lipinski definition) is 4. The topological polar surface area (TPSA) is 64.8 Å². The quantitative estimate of drug-likeness (QED) is 0.230. The Labute approximate surface area is 52.5 Å². The molecule has 1 rings (SSSR count). The molecule has 8 heavy (non-hydrogen) atoms. The first-order valence-electron chi connectivity index (χ1n) is 2.13. The third-order valence-electron chi connectivity index (χ3n) is 0.918. The van der Waals surface area contributed by atoms with Gasteiger partial charge in [-0.25, -0.2) is 0 Å². The predicted octanol–water partition coefficient (Wildman–Crippen LogP) is -1.94. The maximum atomic E-state index is 8.78. The molecule has 1 aliphatic heterocycles. The second-order valence-electron chi connectivity index (χ2n) is 1.50. The molecule has 1 fully saturated rings. The highest BCUT2D eigenvalue weighted by Gasteiger charge is 2.23. The summed E-state index contributed by atoms with van der Waals surface area (Å²) in [4.78, 5) is 0. The van der Waals surface area contributed by atoms with Crippen LogP contribution in [-0.4, -0.2) is 27.7 Å². The maximum Gasteiger partial charge on any atom is 0.188 e. The fourth-order valence-corrected chi connectivity index (χ4v) is 0.615. The van der Waals surface area contributed by atoms with Crippen molar-refractivity contribution in [1.29, 1.82) is 0 Å². The van der Waals surface area contributed by atoms with Crippen molar-refractivity contribution >= 4 is 12.8 Å². The molecule has 1 atom stereocenters. The van der Waals surface area contributed by atoms with Gasteiger partial charge in [-0.3, -0.25) is 11.2 Å². The number of nitrogens with one attached hydrogen (secondary N) is 1. The van der Waals surface area contributed by atoms with E-state index in [1.54, 1.807) is 0 Å². The van der Waals surface area contributed by atoms with Crippen LogP contribution in [0.1, 0.15) is 0 Å². The van der Waals surface area contributed by atoms with Gasteiger partial charge in [-0.15, -0.1) is 4.41 Å². The normalized spacial score (nSPS) is 34.1. The Morgan fingerprint density at radius 2 is 2.50 bits per heavy atom. The lowest BCUT2D eigenvalue weighted by Crippen LogP contribution is -2.38. The molecule has 0 radical (unpaired) electrons. The molecule has 0 aromatic carbocycles. The van der Waals surface area contributed by atoms with Gasteiger partial charge in [-0.05, 0) is 0 Å². The van der Waals surface area contributed by atoms with Gasteiger partial charge in [0.1, 0.15) is 0 Å². The van der Waals surface area contributed by atoms with Crippen LogP contribution in [0.15, 0.2) is 0 Å². The van der Waals surface area contributed by atoms with Crippen molar-refractivity contribution < 1.29 is 5.11 Å². The van der Waals surface area contributed by atoms with Gasteiger partial charge < -0.3 is 5.11 Å². The standard InChI is InChI=1S/C2H8N4OS/c3-5-1-4-2(7)6(5)8/h2,4,7-8H,1,3H2. The van der Waals surface area contributed by atoms with Crippen LogP contribution in [0.25, 0.3) is 0 Å². The summed E-state index contributed by atoms with van der Waals surface area (Å²) < 4.78 is 1.19. The zero-order chi connectivity index (χ0) is 6.15. The largest absolute Gasteiger partial charge is 0.364 e. The predicted molar refractivity (Wildman–Crippen MR) is 30.9 cm³/mol. The van der Waals surface area contributed by atoms with Crippen LogP contribution in [0.5, 0.6) is 0 Å². The summed E-state index contributed by atoms with van der Waals surface area (Å²) in [6.07, 6.45) is -0.761. The lowest BCUT2D eigenvalue weighted by molar-refractivity contribution is -0.00201. The van der Waals surface area contributed by atoms with Crippen LogP contribution >= 0.6 is 12.8 Å². The lowest BCUT2D eigenvalue weighted by atomic mass is 11.0. The molecule has 0 bridgehead atoms. The second-order valence-corrected chi connectivity index (χ2v) is 1.91. The van der Waals surface area contributed by atoms with Crippen LogP contribution < -0.4 is 11.2 Å². The van der Waals surface area contributed by atoms with E-state index in [2.05, 4.69) is 18.1 Å². The molecular formula is C2H8N4OS. The van der Waals surface area contributed by atoms with Crippen LogP contribution in [0.2, 0.25) is 0 Å². The zero-order valence-electron chi connectivity index (χ0n) is 4.15. The van der Waals surface area contributed by atoms with E-state index < -0.39 is 6.35 Å². The van der Waals surface area contributed by atoms with Crippen LogP contribution in [0, 0.1) is 0 Å². The Kier molecular flexibility index (Phi) is 1.71. The van der Waals surface area contributed by atoms with E-state index in [4.69, 9.17) is 10.9 Å². The minimum atomic E-state index is -0.761. The zero-order valence-corrected chi connectivity index (χ0v) is 5.05. The number of hydrogen-bond acceptors (Lipinski definition) is 6. The molecule has 0 aromatic rings. The van der Waals surface area contributed by atoms with Crippen molar-refractivity contribution in [2.45, 2.75) is 6.35 Å². The molecule has 6 heteroatoms. The number of nitrogens with zero attached hydrogens (tertiary/aromatic N) is 2. The minimum Gasteiger partial charge on any atom is -0.364 e. The molecule has 5 nitrogen and oxygen atoms in total. The molecular weight excluding hydrogens is 128 g/mol. The number of aliphatic hydroxyl groups excluding tert-OH is 1. The fraction of sp³-hybridized carbons (Fsp3) is 1.00. The van der Waals surface area contributed by atoms with Gasteiger partial charge in [-0.1, -0.05) is 12.8 Å². The third-order valence-corrected chi connectivity index (χ3v) is 1.37. The van der Waals surface area contributed by atoms with Crippen molar-refractivity contribution in [3.8, 4) is 0 Å². The Morgan fingerprint density at radius 3 is 2.62 bits per heavy atom. The number of aliphatic hydroxyl groups is 1. The Balaban J connectivity index is 2.44. The summed E-state index contributed by atoms with van der Waals surface area (Å²) in [7, 11) is 0. The van der Waals surface area contributed by atoms with Gasteiger partial charge in [0.05, 0.1) is 6.67 Å². The molecule has 0 spiro atoms. The first-order chi connectivity index (χ1) is 3.72. The summed E-state index contributed by atoms with van der Waals surface area (Å²) >= 11 is 3.80. The Morgan fingerprint density at radius 1 is 1.88 bits per heavy atom. The molecule has 1 aliphatic rings. The summed E-state index contributed by atoms with van der Waals surface area (Å²) in [5, 5.41) is 12.7. The highest BCUT2D eigenvalue weighted by molar-refractivity contribution is 7.77. The average Bonchev–Trinajstić information content (AvgIpc) is 1.98. The van der Waals surface area contributed by atoms with E-state index in [0.717, 1.165) is 0 Å². The summed E-state index contributed by atoms with van der Waals surface area (Å²) in [5.41, 5.74) is 0. The average molecular weight is 136 g/mol. The van der Waals surface area contributed by atoms with Crippen molar-refractivity contribution in [2.24, 2.45) is 5.84 Å². The van der Waals surface area contributed by atoms with E-state index in [9.17, 15) is 0 Å². The molecule has 4 N–H and O–H groups in total. The molecule has 1 saturated heterocycles. The fourth-order valence-electron chi connectivity index (χ4n) is 0.470. The van der Waals surface area contributed by atoms with Crippen molar-refractivity contribution in [2.75, 3.05) is 6.67 Å². The highest BCUT2D eigenvalue weighted by Crippen LogP contribution is 2.03. The van der Waals surface area contributed by atoms with E-state index >= 15 is 0 Å². The Hall–Kier alpha value is 0.150. The molecule has 0 aliphatic carbocycles. The van der Waals surface area contributed by atoms with Crippen molar-refractivity contribution in [1.82, 2.24) is 14.8 Å². The number of nitrogens with two attached hydrogens (primary N) is 1. The van der Waals surface area contributed by atoms with Gasteiger partial charge in [0.2, 0.25) is 0 Å². The van der Waals surface area contributed by atoms with Gasteiger partial charge in [-0.2, -0.15) is 5.12 Å². The molecule has 0 aromatic heterocycles. The number of hydrazine groups is 2. The summed E-state index contributed by atoms with van der Waals surface area (Å²) in [6, 6.07) is 0. The second kappa shape index (κ2) is 2.18. The SMILES string of the molecule is NN1CNC(O)N1S. The van der Waals surface area contributed by atoms with Gasteiger partial charge in [0.15, 0.2) is 6.35 Å². The molecule has 1 heterocycles. The molecule has 0 amide bonds. The number of rotatable bonds is 0. The summed E-state index contributed by atoms with van der Waals surface area (Å²) in [6.45, 7) is 0.421. The smallest absolute Gasteiger partial charge is 0.188 e. The van der Waals surface area contributed by atoms with Crippen molar-refractivity contribution in [3.63, 3.8) is 0 Å². The first kappa shape index (κ1) is 6.27. The van der Waals surface area contributed by atoms with E-state index in [0.29, 0.717) is 6.67 Å². The maximum absolute atomic E-state index is 8.78. The third kappa shape index (κ3) is 0.943. The van der Waals surface area contributed by atoms with Gasteiger partial charge in [0.25, 0.3) is 0 Å². The molecule has 0 saturated carbocycles. The first-order valence-corrected chi connectivity index (χ1v) is 2.53.